The molecule has 2 aromatic carbocycles. The highest BCUT2D eigenvalue weighted by Gasteiger charge is 2.17. The van der Waals surface area contributed by atoms with Crippen LogP contribution in [0.4, 0.5) is 0 Å². The number of para-hydroxylation sites is 1. The van der Waals surface area contributed by atoms with Gasteiger partial charge >= 0.3 is 5.97 Å². The lowest BCUT2D eigenvalue weighted by atomic mass is 10.2. The maximum absolute atomic E-state index is 12.0. The van der Waals surface area contributed by atoms with E-state index in [-0.39, 0.29) is 18.9 Å². The Bertz CT molecular complexity index is 721. The van der Waals surface area contributed by atoms with E-state index in [9.17, 15) is 9.59 Å². The van der Waals surface area contributed by atoms with Gasteiger partial charge in [0.25, 0.3) is 5.91 Å². The van der Waals surface area contributed by atoms with Gasteiger partial charge in [-0.15, -0.1) is 0 Å². The van der Waals surface area contributed by atoms with Crippen LogP contribution in [0.1, 0.15) is 25.3 Å². The molecule has 1 N–H and O–H groups in total. The lowest BCUT2D eigenvalue weighted by molar-refractivity contribution is -0.155. The number of rotatable bonds is 9. The van der Waals surface area contributed by atoms with Crippen molar-refractivity contribution in [3.8, 4) is 5.75 Å². The summed E-state index contributed by atoms with van der Waals surface area (Å²) in [6, 6.07) is 16.6. The normalized spacial score (nSPS) is 11.5. The van der Waals surface area contributed by atoms with Crippen molar-refractivity contribution in [1.82, 2.24) is 5.32 Å². The van der Waals surface area contributed by atoms with Gasteiger partial charge in [-0.25, -0.2) is 0 Å². The molecular formula is C20H22ClNO4. The molecule has 2 rings (SSSR count). The molecule has 1 amide bonds. The Kier molecular flexibility index (Phi) is 7.96. The molecule has 0 aromatic heterocycles. The Hall–Kier alpha value is -2.53. The highest BCUT2D eigenvalue weighted by molar-refractivity contribution is 6.31. The second-order valence-corrected chi connectivity index (χ2v) is 6.11. The molecule has 0 spiro atoms. The monoisotopic (exact) mass is 375 g/mol. The Morgan fingerprint density at radius 1 is 1.08 bits per heavy atom. The molecule has 0 unspecified atom stereocenters. The SMILES string of the molecule is C[C@@H](OC(=O)CCCOc1ccccc1)C(=O)NCc1ccccc1Cl. The predicted octanol–water partition coefficient (Wildman–Crippen LogP) is 3.75. The third-order valence-electron chi connectivity index (χ3n) is 3.63. The molecule has 1 atom stereocenters. The lowest BCUT2D eigenvalue weighted by Crippen LogP contribution is -2.35. The van der Waals surface area contributed by atoms with E-state index in [1.165, 1.54) is 0 Å². The fraction of sp³-hybridized carbons (Fsp3) is 0.300. The smallest absolute Gasteiger partial charge is 0.306 e. The van der Waals surface area contributed by atoms with Crippen LogP contribution in [0.5, 0.6) is 5.75 Å². The second kappa shape index (κ2) is 10.5. The van der Waals surface area contributed by atoms with Crippen LogP contribution in [0.2, 0.25) is 5.02 Å². The van der Waals surface area contributed by atoms with Crippen molar-refractivity contribution < 1.29 is 19.1 Å². The average Bonchev–Trinajstić information content (AvgIpc) is 2.65. The van der Waals surface area contributed by atoms with Gasteiger partial charge in [-0.2, -0.15) is 0 Å². The number of ether oxygens (including phenoxy) is 2. The number of hydrogen-bond acceptors (Lipinski definition) is 4. The van der Waals surface area contributed by atoms with Crippen LogP contribution in [0, 0.1) is 0 Å². The number of carbonyl (C=O) groups is 2. The molecule has 0 radical (unpaired) electrons. The highest BCUT2D eigenvalue weighted by atomic mass is 35.5. The Morgan fingerprint density at radius 2 is 1.77 bits per heavy atom. The van der Waals surface area contributed by atoms with E-state index in [2.05, 4.69) is 5.32 Å². The van der Waals surface area contributed by atoms with Gasteiger partial charge in [-0.05, 0) is 37.1 Å². The van der Waals surface area contributed by atoms with Crippen LogP contribution in [0.15, 0.2) is 54.6 Å². The van der Waals surface area contributed by atoms with Crippen molar-refractivity contribution in [2.75, 3.05) is 6.61 Å². The molecule has 0 aliphatic carbocycles. The van der Waals surface area contributed by atoms with Crippen LogP contribution < -0.4 is 10.1 Å². The van der Waals surface area contributed by atoms with Crippen molar-refractivity contribution in [2.45, 2.75) is 32.4 Å². The molecule has 2 aromatic rings. The molecule has 0 saturated carbocycles. The lowest BCUT2D eigenvalue weighted by Gasteiger charge is -2.14. The Labute approximate surface area is 158 Å². The minimum Gasteiger partial charge on any atom is -0.494 e. The summed E-state index contributed by atoms with van der Waals surface area (Å²) in [5.74, 6) is -0.0333. The van der Waals surface area contributed by atoms with E-state index in [1.807, 2.05) is 48.5 Å². The largest absolute Gasteiger partial charge is 0.494 e. The van der Waals surface area contributed by atoms with E-state index < -0.39 is 12.1 Å². The zero-order valence-corrected chi connectivity index (χ0v) is 15.4. The van der Waals surface area contributed by atoms with Crippen molar-refractivity contribution >= 4 is 23.5 Å². The number of esters is 1. The zero-order valence-electron chi connectivity index (χ0n) is 14.6. The van der Waals surface area contributed by atoms with Crippen molar-refractivity contribution in [1.29, 1.82) is 0 Å². The van der Waals surface area contributed by atoms with E-state index in [0.29, 0.717) is 18.1 Å². The van der Waals surface area contributed by atoms with Gasteiger partial charge in [0.1, 0.15) is 5.75 Å². The fourth-order valence-corrected chi connectivity index (χ4v) is 2.40. The van der Waals surface area contributed by atoms with Gasteiger partial charge in [0.05, 0.1) is 6.61 Å². The summed E-state index contributed by atoms with van der Waals surface area (Å²) in [5, 5.41) is 3.29. The van der Waals surface area contributed by atoms with Gasteiger partial charge in [0, 0.05) is 18.0 Å². The molecule has 0 heterocycles. The van der Waals surface area contributed by atoms with E-state index in [0.717, 1.165) is 11.3 Å². The van der Waals surface area contributed by atoms with Crippen LogP contribution in [-0.2, 0) is 20.9 Å². The van der Waals surface area contributed by atoms with Gasteiger partial charge in [-0.3, -0.25) is 9.59 Å². The molecule has 0 aliphatic heterocycles. The molecule has 26 heavy (non-hydrogen) atoms. The van der Waals surface area contributed by atoms with Crippen LogP contribution in [0.3, 0.4) is 0 Å². The molecule has 138 valence electrons. The van der Waals surface area contributed by atoms with Crippen molar-refractivity contribution in [2.24, 2.45) is 0 Å². The molecule has 0 aliphatic rings. The number of halogens is 1. The summed E-state index contributed by atoms with van der Waals surface area (Å²) in [7, 11) is 0. The summed E-state index contributed by atoms with van der Waals surface area (Å²) >= 11 is 6.04. The number of nitrogens with one attached hydrogen (secondary N) is 1. The fourth-order valence-electron chi connectivity index (χ4n) is 2.20. The maximum Gasteiger partial charge on any atom is 0.306 e. The summed E-state index contributed by atoms with van der Waals surface area (Å²) in [6.07, 6.45) is -0.156. The first kappa shape index (κ1) is 19.8. The first-order chi connectivity index (χ1) is 12.6. The number of hydrogen-bond donors (Lipinski definition) is 1. The zero-order chi connectivity index (χ0) is 18.8. The summed E-state index contributed by atoms with van der Waals surface area (Å²) in [5.41, 5.74) is 0.805. The molecule has 0 fully saturated rings. The minimum absolute atomic E-state index is 0.189. The predicted molar refractivity (Wildman–Crippen MR) is 100 cm³/mol. The summed E-state index contributed by atoms with van der Waals surface area (Å²) < 4.78 is 10.7. The summed E-state index contributed by atoms with van der Waals surface area (Å²) in [6.45, 7) is 2.23. The summed E-state index contributed by atoms with van der Waals surface area (Å²) in [4.78, 5) is 23.8. The van der Waals surface area contributed by atoms with Crippen LogP contribution in [0.25, 0.3) is 0 Å². The van der Waals surface area contributed by atoms with Crippen LogP contribution >= 0.6 is 11.6 Å². The third kappa shape index (κ3) is 6.76. The third-order valence-corrected chi connectivity index (χ3v) is 3.99. The minimum atomic E-state index is -0.861. The van der Waals surface area contributed by atoms with Gasteiger partial charge in [0.15, 0.2) is 6.10 Å². The average molecular weight is 376 g/mol. The van der Waals surface area contributed by atoms with Crippen LogP contribution in [-0.4, -0.2) is 24.6 Å². The van der Waals surface area contributed by atoms with E-state index in [4.69, 9.17) is 21.1 Å². The Morgan fingerprint density at radius 3 is 2.50 bits per heavy atom. The quantitative estimate of drug-likeness (QED) is 0.535. The van der Waals surface area contributed by atoms with Crippen molar-refractivity contribution in [3.63, 3.8) is 0 Å². The molecule has 0 saturated heterocycles. The van der Waals surface area contributed by atoms with Gasteiger partial charge in [-0.1, -0.05) is 48.0 Å². The first-order valence-corrected chi connectivity index (χ1v) is 8.82. The molecule has 6 heteroatoms. The standard InChI is InChI=1S/C20H22ClNO4/c1-15(20(24)22-14-16-8-5-6-11-18(16)21)26-19(23)12-7-13-25-17-9-3-2-4-10-17/h2-6,8-11,15H,7,12-14H2,1H3,(H,22,24)/t15-/m1/s1. The number of carbonyl (C=O) groups excluding carboxylic acids is 2. The first-order valence-electron chi connectivity index (χ1n) is 8.44. The molecule has 5 nitrogen and oxygen atoms in total. The molecule has 0 bridgehead atoms. The van der Waals surface area contributed by atoms with E-state index in [1.54, 1.807) is 13.0 Å². The van der Waals surface area contributed by atoms with Gasteiger partial charge in [0.2, 0.25) is 0 Å². The topological polar surface area (TPSA) is 64.6 Å². The number of benzene rings is 2. The molecular weight excluding hydrogens is 354 g/mol. The second-order valence-electron chi connectivity index (χ2n) is 5.71. The van der Waals surface area contributed by atoms with Crippen molar-refractivity contribution in [3.05, 3.63) is 65.2 Å². The number of amides is 1. The maximum atomic E-state index is 12.0. The Balaban J connectivity index is 1.64. The highest BCUT2D eigenvalue weighted by Crippen LogP contribution is 2.14. The van der Waals surface area contributed by atoms with E-state index >= 15 is 0 Å². The van der Waals surface area contributed by atoms with Gasteiger partial charge < -0.3 is 14.8 Å².